The zero-order valence-electron chi connectivity index (χ0n) is 10.9. The van der Waals surface area contributed by atoms with Crippen LogP contribution >= 0.6 is 0 Å². The lowest BCUT2D eigenvalue weighted by atomic mass is 10.0. The van der Waals surface area contributed by atoms with Gasteiger partial charge in [0.15, 0.2) is 0 Å². The van der Waals surface area contributed by atoms with E-state index in [-0.39, 0.29) is 5.97 Å². The van der Waals surface area contributed by atoms with Gasteiger partial charge in [0.2, 0.25) is 0 Å². The molecule has 0 bridgehead atoms. The third-order valence-electron chi connectivity index (χ3n) is 3.03. The summed E-state index contributed by atoms with van der Waals surface area (Å²) in [7, 11) is 1.38. The van der Waals surface area contributed by atoms with Gasteiger partial charge >= 0.3 is 5.97 Å². The van der Waals surface area contributed by atoms with Crippen LogP contribution in [0, 0.1) is 0 Å². The van der Waals surface area contributed by atoms with Crippen LogP contribution in [0.15, 0.2) is 48.5 Å². The number of carbonyl (C=O) groups is 1. The first-order valence-electron chi connectivity index (χ1n) is 6.22. The van der Waals surface area contributed by atoms with Gasteiger partial charge in [-0.2, -0.15) is 0 Å². The van der Waals surface area contributed by atoms with E-state index >= 15 is 0 Å². The van der Waals surface area contributed by atoms with E-state index in [0.717, 1.165) is 17.5 Å². The molecule has 0 heterocycles. The fourth-order valence-corrected chi connectivity index (χ4v) is 1.95. The number of esters is 1. The molecule has 2 N–H and O–H groups in total. The molecule has 98 valence electrons. The molecule has 0 aliphatic carbocycles. The Morgan fingerprint density at radius 1 is 1.00 bits per heavy atom. The van der Waals surface area contributed by atoms with Crippen LogP contribution in [-0.4, -0.2) is 19.6 Å². The normalized spacial score (nSPS) is 10.2. The third-order valence-corrected chi connectivity index (χ3v) is 3.03. The van der Waals surface area contributed by atoms with Crippen molar-refractivity contribution >= 4 is 5.97 Å². The first-order valence-corrected chi connectivity index (χ1v) is 6.22. The topological polar surface area (TPSA) is 52.3 Å². The Kier molecular flexibility index (Phi) is 4.31. The molecule has 0 saturated carbocycles. The zero-order chi connectivity index (χ0) is 13.7. The van der Waals surface area contributed by atoms with Gasteiger partial charge in [0.25, 0.3) is 0 Å². The molecule has 2 aromatic carbocycles. The molecule has 0 unspecified atom stereocenters. The largest absolute Gasteiger partial charge is 0.465 e. The lowest BCUT2D eigenvalue weighted by Crippen LogP contribution is -2.02. The summed E-state index contributed by atoms with van der Waals surface area (Å²) < 4.78 is 4.67. The first kappa shape index (κ1) is 13.3. The summed E-state index contributed by atoms with van der Waals surface area (Å²) in [6.07, 6.45) is 0.890. The predicted molar refractivity (Wildman–Crippen MR) is 76.0 cm³/mol. The number of rotatable bonds is 4. The lowest BCUT2D eigenvalue weighted by molar-refractivity contribution is 0.0601. The average molecular weight is 255 g/mol. The van der Waals surface area contributed by atoms with Gasteiger partial charge in [-0.25, -0.2) is 4.79 Å². The summed E-state index contributed by atoms with van der Waals surface area (Å²) in [5.41, 5.74) is 9.52. The van der Waals surface area contributed by atoms with Crippen molar-refractivity contribution < 1.29 is 9.53 Å². The SMILES string of the molecule is COC(=O)c1ccc(-c2ccc(CCN)cc2)cc1. The van der Waals surface area contributed by atoms with Crippen LogP contribution in [-0.2, 0) is 11.2 Å². The van der Waals surface area contributed by atoms with E-state index in [0.29, 0.717) is 12.1 Å². The van der Waals surface area contributed by atoms with E-state index in [2.05, 4.69) is 29.0 Å². The Hall–Kier alpha value is -2.13. The predicted octanol–water partition coefficient (Wildman–Crippen LogP) is 2.64. The molecule has 19 heavy (non-hydrogen) atoms. The Morgan fingerprint density at radius 2 is 1.53 bits per heavy atom. The van der Waals surface area contributed by atoms with Crippen LogP contribution in [0.3, 0.4) is 0 Å². The van der Waals surface area contributed by atoms with Crippen molar-refractivity contribution in [1.82, 2.24) is 0 Å². The van der Waals surface area contributed by atoms with Gasteiger partial charge in [0.05, 0.1) is 12.7 Å². The third kappa shape index (κ3) is 3.20. The van der Waals surface area contributed by atoms with Crippen LogP contribution in [0.1, 0.15) is 15.9 Å². The van der Waals surface area contributed by atoms with Crippen LogP contribution in [0.25, 0.3) is 11.1 Å². The Labute approximate surface area is 113 Å². The minimum absolute atomic E-state index is 0.315. The second-order valence-electron chi connectivity index (χ2n) is 4.30. The van der Waals surface area contributed by atoms with Crippen molar-refractivity contribution in [3.05, 3.63) is 59.7 Å². The summed E-state index contributed by atoms with van der Waals surface area (Å²) in [6, 6.07) is 15.7. The lowest BCUT2D eigenvalue weighted by Gasteiger charge is -2.05. The molecule has 0 aliphatic rings. The zero-order valence-corrected chi connectivity index (χ0v) is 10.9. The van der Waals surface area contributed by atoms with E-state index in [9.17, 15) is 4.79 Å². The van der Waals surface area contributed by atoms with Crippen LogP contribution in [0.5, 0.6) is 0 Å². The number of carbonyl (C=O) groups excluding carboxylic acids is 1. The van der Waals surface area contributed by atoms with Crippen LogP contribution in [0.2, 0.25) is 0 Å². The average Bonchev–Trinajstić information content (AvgIpc) is 2.48. The van der Waals surface area contributed by atoms with Crippen molar-refractivity contribution in [2.75, 3.05) is 13.7 Å². The Bertz CT molecular complexity index is 544. The molecule has 0 amide bonds. The summed E-state index contributed by atoms with van der Waals surface area (Å²) in [5, 5.41) is 0. The molecular formula is C16H17NO2. The monoisotopic (exact) mass is 255 g/mol. The quantitative estimate of drug-likeness (QED) is 0.854. The molecular weight excluding hydrogens is 238 g/mol. The van der Waals surface area contributed by atoms with Gasteiger partial charge in [-0.15, -0.1) is 0 Å². The van der Waals surface area contributed by atoms with E-state index in [1.54, 1.807) is 12.1 Å². The maximum Gasteiger partial charge on any atom is 0.337 e. The van der Waals surface area contributed by atoms with Crippen molar-refractivity contribution in [2.24, 2.45) is 5.73 Å². The first-order chi connectivity index (χ1) is 9.24. The molecule has 3 heteroatoms. The van der Waals surface area contributed by atoms with E-state index in [4.69, 9.17) is 5.73 Å². The van der Waals surface area contributed by atoms with E-state index in [1.165, 1.54) is 12.7 Å². The summed E-state index contributed by atoms with van der Waals surface area (Å²) in [5.74, 6) is -0.315. The molecule has 2 rings (SSSR count). The van der Waals surface area contributed by atoms with E-state index < -0.39 is 0 Å². The Morgan fingerprint density at radius 3 is 2.00 bits per heavy atom. The van der Waals surface area contributed by atoms with Crippen molar-refractivity contribution in [3.63, 3.8) is 0 Å². The molecule has 0 saturated heterocycles. The number of methoxy groups -OCH3 is 1. The van der Waals surface area contributed by atoms with Crippen molar-refractivity contribution in [3.8, 4) is 11.1 Å². The second kappa shape index (κ2) is 6.16. The highest BCUT2D eigenvalue weighted by molar-refractivity contribution is 5.89. The molecule has 3 nitrogen and oxygen atoms in total. The van der Waals surface area contributed by atoms with Gasteiger partial charge in [-0.05, 0) is 41.8 Å². The molecule has 0 spiro atoms. The summed E-state index contributed by atoms with van der Waals surface area (Å²) in [4.78, 5) is 11.3. The number of ether oxygens (including phenoxy) is 1. The molecule has 0 aliphatic heterocycles. The van der Waals surface area contributed by atoms with Gasteiger partial charge in [-0.3, -0.25) is 0 Å². The van der Waals surface area contributed by atoms with Gasteiger partial charge in [-0.1, -0.05) is 36.4 Å². The fraction of sp³-hybridized carbons (Fsp3) is 0.188. The van der Waals surface area contributed by atoms with Crippen molar-refractivity contribution in [1.29, 1.82) is 0 Å². The number of hydrogen-bond donors (Lipinski definition) is 1. The van der Waals surface area contributed by atoms with Gasteiger partial charge < -0.3 is 10.5 Å². The smallest absolute Gasteiger partial charge is 0.337 e. The summed E-state index contributed by atoms with van der Waals surface area (Å²) >= 11 is 0. The standard InChI is InChI=1S/C16H17NO2/c1-19-16(18)15-8-6-14(7-9-15)13-4-2-12(3-5-13)10-11-17/h2-9H,10-11,17H2,1H3. The molecule has 0 aromatic heterocycles. The minimum atomic E-state index is -0.315. The highest BCUT2D eigenvalue weighted by atomic mass is 16.5. The van der Waals surface area contributed by atoms with Crippen LogP contribution < -0.4 is 5.73 Å². The molecule has 0 atom stereocenters. The maximum atomic E-state index is 11.3. The summed E-state index contributed by atoms with van der Waals surface area (Å²) in [6.45, 7) is 0.660. The minimum Gasteiger partial charge on any atom is -0.465 e. The van der Waals surface area contributed by atoms with E-state index in [1.807, 2.05) is 12.1 Å². The molecule has 0 fully saturated rings. The second-order valence-corrected chi connectivity index (χ2v) is 4.30. The number of hydrogen-bond acceptors (Lipinski definition) is 3. The maximum absolute atomic E-state index is 11.3. The van der Waals surface area contributed by atoms with Gasteiger partial charge in [0.1, 0.15) is 0 Å². The Balaban J connectivity index is 2.19. The highest BCUT2D eigenvalue weighted by Crippen LogP contribution is 2.20. The molecule has 0 radical (unpaired) electrons. The molecule has 2 aromatic rings. The van der Waals surface area contributed by atoms with Crippen LogP contribution in [0.4, 0.5) is 0 Å². The number of nitrogens with two attached hydrogens (primary N) is 1. The number of benzene rings is 2. The van der Waals surface area contributed by atoms with Gasteiger partial charge in [0, 0.05) is 0 Å². The highest BCUT2D eigenvalue weighted by Gasteiger charge is 2.05. The fourth-order valence-electron chi connectivity index (χ4n) is 1.95. The van der Waals surface area contributed by atoms with Crippen molar-refractivity contribution in [2.45, 2.75) is 6.42 Å².